The SMILES string of the molecule is CC1CCCC1.CN1CCCC1. The van der Waals surface area contributed by atoms with Gasteiger partial charge in [-0.1, -0.05) is 32.6 Å². The minimum atomic E-state index is 1.05. The molecule has 2 fully saturated rings. The van der Waals surface area contributed by atoms with E-state index in [1.165, 1.54) is 51.6 Å². The second-order valence-corrected chi connectivity index (χ2v) is 4.40. The van der Waals surface area contributed by atoms with E-state index in [2.05, 4.69) is 18.9 Å². The van der Waals surface area contributed by atoms with Crippen molar-refractivity contribution in [3.63, 3.8) is 0 Å². The lowest BCUT2D eigenvalue weighted by Gasteiger charge is -2.01. The van der Waals surface area contributed by atoms with Crippen molar-refractivity contribution in [2.75, 3.05) is 20.1 Å². The van der Waals surface area contributed by atoms with Crippen LogP contribution in [0, 0.1) is 5.92 Å². The molecule has 1 nitrogen and oxygen atoms in total. The highest BCUT2D eigenvalue weighted by molar-refractivity contribution is 4.60. The molecule has 72 valence electrons. The maximum absolute atomic E-state index is 2.36. The smallest absolute Gasteiger partial charge is 0.00213 e. The van der Waals surface area contributed by atoms with Crippen molar-refractivity contribution in [1.29, 1.82) is 0 Å². The van der Waals surface area contributed by atoms with Gasteiger partial charge in [-0.15, -0.1) is 0 Å². The number of likely N-dealkylation sites (tertiary alicyclic amines) is 1. The van der Waals surface area contributed by atoms with E-state index in [4.69, 9.17) is 0 Å². The molecule has 2 rings (SSSR count). The van der Waals surface area contributed by atoms with Crippen LogP contribution in [0.1, 0.15) is 45.4 Å². The van der Waals surface area contributed by atoms with Gasteiger partial charge in [0.05, 0.1) is 0 Å². The third-order valence-corrected chi connectivity index (χ3v) is 2.97. The molecule has 1 heterocycles. The van der Waals surface area contributed by atoms with Crippen LogP contribution in [0.25, 0.3) is 0 Å². The minimum absolute atomic E-state index is 1.05. The Morgan fingerprint density at radius 2 is 1.42 bits per heavy atom. The maximum Gasteiger partial charge on any atom is -0.00213 e. The maximum atomic E-state index is 2.36. The molecule has 1 aliphatic heterocycles. The molecular formula is C11H23N. The average Bonchev–Trinajstić information content (AvgIpc) is 2.63. The van der Waals surface area contributed by atoms with Gasteiger partial charge >= 0.3 is 0 Å². The molecule has 1 saturated carbocycles. The summed E-state index contributed by atoms with van der Waals surface area (Å²) in [7, 11) is 2.17. The van der Waals surface area contributed by atoms with Gasteiger partial charge in [-0.3, -0.25) is 0 Å². The molecule has 1 aliphatic carbocycles. The lowest BCUT2D eigenvalue weighted by molar-refractivity contribution is 0.418. The van der Waals surface area contributed by atoms with Gasteiger partial charge in [0.1, 0.15) is 0 Å². The van der Waals surface area contributed by atoms with Crippen molar-refractivity contribution in [3.05, 3.63) is 0 Å². The fraction of sp³-hybridized carbons (Fsp3) is 1.00. The predicted molar refractivity (Wildman–Crippen MR) is 54.4 cm³/mol. The molecule has 0 atom stereocenters. The molecule has 0 aromatic heterocycles. The normalized spacial score (nSPS) is 25.5. The van der Waals surface area contributed by atoms with Crippen LogP contribution in [0.3, 0.4) is 0 Å². The summed E-state index contributed by atoms with van der Waals surface area (Å²) in [6.45, 7) is 4.98. The molecule has 0 spiro atoms. The summed E-state index contributed by atoms with van der Waals surface area (Å²) in [5.74, 6) is 1.05. The van der Waals surface area contributed by atoms with E-state index < -0.39 is 0 Å². The van der Waals surface area contributed by atoms with Crippen molar-refractivity contribution >= 4 is 0 Å². The fourth-order valence-corrected chi connectivity index (χ4v) is 2.01. The van der Waals surface area contributed by atoms with Crippen LogP contribution in [0.4, 0.5) is 0 Å². The molecule has 0 N–H and O–H groups in total. The Bertz CT molecular complexity index is 85.6. The van der Waals surface area contributed by atoms with Crippen molar-refractivity contribution in [1.82, 2.24) is 4.90 Å². The van der Waals surface area contributed by atoms with E-state index in [0.717, 1.165) is 5.92 Å². The van der Waals surface area contributed by atoms with Crippen LogP contribution in [0.2, 0.25) is 0 Å². The average molecular weight is 169 g/mol. The Labute approximate surface area is 77.1 Å². The number of nitrogens with zero attached hydrogens (tertiary/aromatic N) is 1. The molecular weight excluding hydrogens is 146 g/mol. The Balaban J connectivity index is 0.000000120. The molecule has 0 aromatic carbocycles. The van der Waals surface area contributed by atoms with Gasteiger partial charge in [-0.25, -0.2) is 0 Å². The van der Waals surface area contributed by atoms with Crippen LogP contribution in [0.15, 0.2) is 0 Å². The number of hydrogen-bond acceptors (Lipinski definition) is 1. The van der Waals surface area contributed by atoms with Crippen LogP contribution >= 0.6 is 0 Å². The monoisotopic (exact) mass is 169 g/mol. The summed E-state index contributed by atoms with van der Waals surface area (Å²) in [6.07, 6.45) is 8.77. The first kappa shape index (κ1) is 10.0. The lowest BCUT2D eigenvalue weighted by atomic mass is 10.2. The highest BCUT2D eigenvalue weighted by Gasteiger charge is 2.07. The molecule has 12 heavy (non-hydrogen) atoms. The van der Waals surface area contributed by atoms with Crippen LogP contribution in [-0.4, -0.2) is 25.0 Å². The van der Waals surface area contributed by atoms with Gasteiger partial charge in [0.25, 0.3) is 0 Å². The summed E-state index contributed by atoms with van der Waals surface area (Å²) >= 11 is 0. The van der Waals surface area contributed by atoms with Gasteiger partial charge in [-0.05, 0) is 38.9 Å². The topological polar surface area (TPSA) is 3.24 Å². The molecule has 0 unspecified atom stereocenters. The second kappa shape index (κ2) is 5.58. The Morgan fingerprint density at radius 3 is 1.58 bits per heavy atom. The van der Waals surface area contributed by atoms with Gasteiger partial charge in [-0.2, -0.15) is 0 Å². The first-order valence-corrected chi connectivity index (χ1v) is 5.47. The van der Waals surface area contributed by atoms with E-state index >= 15 is 0 Å². The Morgan fingerprint density at radius 1 is 0.917 bits per heavy atom. The van der Waals surface area contributed by atoms with Crippen molar-refractivity contribution in [2.45, 2.75) is 45.4 Å². The molecule has 0 bridgehead atoms. The third kappa shape index (κ3) is 4.10. The number of hydrogen-bond donors (Lipinski definition) is 0. The highest BCUT2D eigenvalue weighted by Crippen LogP contribution is 2.22. The Kier molecular flexibility index (Phi) is 4.67. The fourth-order valence-electron chi connectivity index (χ4n) is 2.01. The molecule has 0 amide bonds. The number of rotatable bonds is 0. The van der Waals surface area contributed by atoms with Crippen molar-refractivity contribution in [3.8, 4) is 0 Å². The standard InChI is InChI=1S/C6H12.C5H11N/c2*1-6-4-2-3-5-6/h6H,2-5H2,1H3;2-5H2,1H3. The summed E-state index contributed by atoms with van der Waals surface area (Å²) in [5, 5.41) is 0. The van der Waals surface area contributed by atoms with Crippen LogP contribution in [0.5, 0.6) is 0 Å². The van der Waals surface area contributed by atoms with Crippen LogP contribution in [-0.2, 0) is 0 Å². The molecule has 0 radical (unpaired) electrons. The molecule has 2 aliphatic rings. The second-order valence-electron chi connectivity index (χ2n) is 4.40. The van der Waals surface area contributed by atoms with Crippen LogP contribution < -0.4 is 0 Å². The summed E-state index contributed by atoms with van der Waals surface area (Å²) in [4.78, 5) is 2.36. The first-order chi connectivity index (χ1) is 5.79. The summed E-state index contributed by atoms with van der Waals surface area (Å²) < 4.78 is 0. The zero-order valence-corrected chi connectivity index (χ0v) is 8.68. The van der Waals surface area contributed by atoms with Crippen molar-refractivity contribution in [2.24, 2.45) is 5.92 Å². The third-order valence-electron chi connectivity index (χ3n) is 2.97. The van der Waals surface area contributed by atoms with Gasteiger partial charge in [0.15, 0.2) is 0 Å². The van der Waals surface area contributed by atoms with Gasteiger partial charge in [0.2, 0.25) is 0 Å². The zero-order chi connectivity index (χ0) is 8.81. The predicted octanol–water partition coefficient (Wildman–Crippen LogP) is 2.91. The van der Waals surface area contributed by atoms with E-state index in [9.17, 15) is 0 Å². The van der Waals surface area contributed by atoms with Gasteiger partial charge in [0, 0.05) is 0 Å². The zero-order valence-electron chi connectivity index (χ0n) is 8.68. The van der Waals surface area contributed by atoms with E-state index in [-0.39, 0.29) is 0 Å². The molecule has 1 saturated heterocycles. The minimum Gasteiger partial charge on any atom is -0.306 e. The summed E-state index contributed by atoms with van der Waals surface area (Å²) in [6, 6.07) is 0. The van der Waals surface area contributed by atoms with Gasteiger partial charge < -0.3 is 4.90 Å². The largest absolute Gasteiger partial charge is 0.306 e. The van der Waals surface area contributed by atoms with Crippen molar-refractivity contribution < 1.29 is 0 Å². The molecule has 0 aromatic rings. The summed E-state index contributed by atoms with van der Waals surface area (Å²) in [5.41, 5.74) is 0. The highest BCUT2D eigenvalue weighted by atomic mass is 15.1. The van der Waals surface area contributed by atoms with E-state index in [0.29, 0.717) is 0 Å². The quantitative estimate of drug-likeness (QED) is 0.539. The lowest BCUT2D eigenvalue weighted by Crippen LogP contribution is -2.10. The van der Waals surface area contributed by atoms with E-state index in [1.54, 1.807) is 0 Å². The first-order valence-electron chi connectivity index (χ1n) is 5.47. The molecule has 1 heteroatoms. The van der Waals surface area contributed by atoms with E-state index in [1.807, 2.05) is 0 Å². The Hall–Kier alpha value is -0.0400.